The largest absolute Gasteiger partial charge is 0.481 e. The van der Waals surface area contributed by atoms with Crippen LogP contribution in [-0.2, 0) is 71.9 Å². The van der Waals surface area contributed by atoms with Crippen LogP contribution in [0.4, 0.5) is 0 Å². The molecule has 0 aromatic carbocycles. The molecule has 34 heteroatoms. The Morgan fingerprint density at radius 2 is 1.09 bits per heavy atom. The molecule has 0 aromatic rings. The zero-order valence-electron chi connectivity index (χ0n) is 43.3. The number of unbranched alkanes of at least 4 members (excludes halogenated alkanes) is 1. The van der Waals surface area contributed by atoms with Crippen LogP contribution in [0, 0.1) is 0 Å². The number of amides is 13. The maximum absolute atomic E-state index is 13.5. The molecule has 0 spiro atoms. The third-order valence-corrected chi connectivity index (χ3v) is 11.5. The number of nitrogens with zero attached hydrogens (tertiary/aromatic N) is 1. The lowest BCUT2D eigenvalue weighted by Crippen LogP contribution is -2.61. The first kappa shape index (κ1) is 67.9. The highest BCUT2D eigenvalue weighted by molar-refractivity contribution is 5.99. The number of carboxylic acids is 2. The Bertz CT molecular complexity index is 2200. The second-order valence-electron chi connectivity index (χ2n) is 18.0. The van der Waals surface area contributed by atoms with E-state index in [0.717, 1.165) is 18.7 Å². The van der Waals surface area contributed by atoms with Gasteiger partial charge in [0.2, 0.25) is 76.8 Å². The predicted molar refractivity (Wildman–Crippen MR) is 265 cm³/mol. The van der Waals surface area contributed by atoms with Gasteiger partial charge in [-0.15, -0.1) is 0 Å². The monoisotopic (exact) mass is 1120 g/mol. The molecule has 1 saturated heterocycles. The van der Waals surface area contributed by atoms with E-state index in [1.54, 1.807) is 0 Å². The number of hydrogen-bond acceptors (Lipinski definition) is 19. The molecule has 0 saturated carbocycles. The molecule has 0 unspecified atom stereocenters. The lowest BCUT2D eigenvalue weighted by atomic mass is 10.1. The van der Waals surface area contributed by atoms with Gasteiger partial charge >= 0.3 is 11.9 Å². The molecule has 1 fully saturated rings. The van der Waals surface area contributed by atoms with Gasteiger partial charge in [0.25, 0.3) is 0 Å². The Balaban J connectivity index is 2.88. The maximum atomic E-state index is 13.5. The summed E-state index contributed by atoms with van der Waals surface area (Å²) < 4.78 is 0. The maximum Gasteiger partial charge on any atom is 0.326 e. The van der Waals surface area contributed by atoms with E-state index in [4.69, 9.17) is 22.9 Å². The van der Waals surface area contributed by atoms with Gasteiger partial charge in [-0.25, -0.2) is 4.79 Å². The standard InChI is InChI=1S/C44H73N15O19/c1-20(36(69)51-17-32(65)49-16-31(64)50-18-33(66)54-26(15-30(48)63)43(76)59-14-6-8-28(59)44(77)78)52-40(73)25(10-12-34(67)68)56-42(75)35(22(3)61)58-37(70)21(2)53-39(72)24(7-4-5-13-45)55-41(74)27(19-60)57-38(71)23(46)9-11-29(47)62/h20-28,35,60-61H,4-19,45-46H2,1-3H3,(H2,47,62)(H2,48,63)(H,49,65)(H,50,64)(H,51,69)(H,52,73)(H,53,72)(H,54,66)(H,55,74)(H,56,75)(H,57,71)(H,58,70)(H,67,68)(H,77,78)/t20-,21-,22+,23-,24-,25-,26-,27-,28-,35-/m0/s1. The number of aliphatic hydroxyl groups excluding tert-OH is 2. The highest BCUT2D eigenvalue weighted by Crippen LogP contribution is 2.19. The van der Waals surface area contributed by atoms with Crippen LogP contribution in [0.15, 0.2) is 0 Å². The Morgan fingerprint density at radius 1 is 0.564 bits per heavy atom. The number of rotatable bonds is 36. The summed E-state index contributed by atoms with van der Waals surface area (Å²) in [6.07, 6.45) is -2.94. The third kappa shape index (κ3) is 25.2. The Labute approximate surface area is 446 Å². The van der Waals surface area contributed by atoms with Gasteiger partial charge in [-0.1, -0.05) is 0 Å². The molecule has 0 radical (unpaired) electrons. The van der Waals surface area contributed by atoms with E-state index in [0.29, 0.717) is 12.8 Å². The van der Waals surface area contributed by atoms with Crippen LogP contribution in [0.5, 0.6) is 0 Å². The fourth-order valence-corrected chi connectivity index (χ4v) is 7.11. The van der Waals surface area contributed by atoms with Crippen molar-refractivity contribution in [2.24, 2.45) is 22.9 Å². The molecule has 0 bridgehead atoms. The normalized spacial score (nSPS) is 16.2. The average Bonchev–Trinajstić information content (AvgIpc) is 3.87. The van der Waals surface area contributed by atoms with Crippen molar-refractivity contribution in [1.82, 2.24) is 58.1 Å². The summed E-state index contributed by atoms with van der Waals surface area (Å²) in [6, 6.07) is -13.5. The number of hydrogen-bond donors (Lipinski definition) is 18. The van der Waals surface area contributed by atoms with Crippen molar-refractivity contribution in [3.8, 4) is 0 Å². The zero-order chi connectivity index (χ0) is 59.4. The summed E-state index contributed by atoms with van der Waals surface area (Å²) in [6.45, 7) is 0.461. The number of aliphatic carboxylic acids is 2. The molecule has 1 heterocycles. The zero-order valence-corrected chi connectivity index (χ0v) is 43.3. The first-order valence-electron chi connectivity index (χ1n) is 24.5. The van der Waals surface area contributed by atoms with Crippen LogP contribution in [0.1, 0.15) is 85.0 Å². The minimum absolute atomic E-state index is 0.0508. The quantitative estimate of drug-likeness (QED) is 0.0259. The number of nitrogens with one attached hydrogen (secondary N) is 10. The average molecular weight is 1120 g/mol. The van der Waals surface area contributed by atoms with E-state index in [9.17, 15) is 92.3 Å². The van der Waals surface area contributed by atoms with E-state index in [-0.39, 0.29) is 45.2 Å². The molecule has 0 aliphatic carbocycles. The number of primary amides is 2. The van der Waals surface area contributed by atoms with E-state index in [2.05, 4.69) is 53.2 Å². The molecule has 78 heavy (non-hydrogen) atoms. The molecule has 1 aliphatic heterocycles. The van der Waals surface area contributed by atoms with E-state index < -0.39 is 195 Å². The molecule has 34 nitrogen and oxygen atoms in total. The smallest absolute Gasteiger partial charge is 0.326 e. The molecule has 22 N–H and O–H groups in total. The molecule has 438 valence electrons. The van der Waals surface area contributed by atoms with Crippen LogP contribution >= 0.6 is 0 Å². The van der Waals surface area contributed by atoms with Crippen molar-refractivity contribution in [1.29, 1.82) is 0 Å². The van der Waals surface area contributed by atoms with Gasteiger partial charge in [-0.2, -0.15) is 0 Å². The second kappa shape index (κ2) is 34.5. The first-order valence-corrected chi connectivity index (χ1v) is 24.5. The molecule has 10 atom stereocenters. The molecular formula is C44H73N15O19. The van der Waals surface area contributed by atoms with Crippen LogP contribution in [0.3, 0.4) is 0 Å². The van der Waals surface area contributed by atoms with Gasteiger partial charge in [0, 0.05) is 19.4 Å². The van der Waals surface area contributed by atoms with Gasteiger partial charge in [-0.3, -0.25) is 67.1 Å². The van der Waals surface area contributed by atoms with Crippen molar-refractivity contribution in [2.75, 3.05) is 39.3 Å². The summed E-state index contributed by atoms with van der Waals surface area (Å²) in [5.74, 6) is -15.4. The highest BCUT2D eigenvalue weighted by atomic mass is 16.4. The van der Waals surface area contributed by atoms with Crippen LogP contribution in [0.25, 0.3) is 0 Å². The SMILES string of the molecule is C[C@H](NC(=O)[C@H](CCCCN)NC(=O)[C@H](CO)NC(=O)[C@@H](N)CCC(N)=O)C(=O)N[C@H](C(=O)N[C@@H](CCC(=O)O)C(=O)N[C@@H](C)C(=O)NCC(=O)NCC(=O)NCC(=O)N[C@@H](CC(N)=O)C(=O)N1CCC[C@H]1C(=O)O)[C@@H](C)O. The first-order chi connectivity index (χ1) is 36.5. The third-order valence-electron chi connectivity index (χ3n) is 11.5. The minimum Gasteiger partial charge on any atom is -0.481 e. The number of aliphatic hydroxyl groups is 2. The number of nitrogens with two attached hydrogens (primary N) is 4. The second-order valence-corrected chi connectivity index (χ2v) is 18.0. The number of carbonyl (C=O) groups is 15. The Kier molecular flexibility index (Phi) is 30.1. The summed E-state index contributed by atoms with van der Waals surface area (Å²) in [5.41, 5.74) is 21.6. The van der Waals surface area contributed by atoms with Crippen molar-refractivity contribution in [3.63, 3.8) is 0 Å². The lowest BCUT2D eigenvalue weighted by molar-refractivity contribution is -0.149. The molecular weight excluding hydrogens is 1040 g/mol. The molecule has 1 aliphatic rings. The van der Waals surface area contributed by atoms with Crippen LogP contribution < -0.4 is 76.1 Å². The van der Waals surface area contributed by atoms with Gasteiger partial charge < -0.3 is 101 Å². The summed E-state index contributed by atoms with van der Waals surface area (Å²) >= 11 is 0. The fraction of sp³-hybridized carbons (Fsp3) is 0.659. The molecule has 13 amide bonds. The van der Waals surface area contributed by atoms with E-state index in [1.807, 2.05) is 0 Å². The van der Waals surface area contributed by atoms with Crippen LogP contribution in [-0.4, -0.2) is 214 Å². The van der Waals surface area contributed by atoms with Gasteiger partial charge in [0.05, 0.1) is 44.8 Å². The van der Waals surface area contributed by atoms with Crippen LogP contribution in [0.2, 0.25) is 0 Å². The number of carbonyl (C=O) groups excluding carboxylic acids is 13. The topological polar surface area (TPSA) is 565 Å². The van der Waals surface area contributed by atoms with E-state index >= 15 is 0 Å². The Hall–Kier alpha value is -8.11. The number of likely N-dealkylation sites (tertiary alicyclic amines) is 1. The summed E-state index contributed by atoms with van der Waals surface area (Å²) in [7, 11) is 0. The predicted octanol–water partition coefficient (Wildman–Crippen LogP) is -10.3. The van der Waals surface area contributed by atoms with Crippen molar-refractivity contribution >= 4 is 88.7 Å². The van der Waals surface area contributed by atoms with Crippen molar-refractivity contribution < 1.29 is 92.3 Å². The molecule has 1 rings (SSSR count). The van der Waals surface area contributed by atoms with E-state index in [1.165, 1.54) is 6.92 Å². The van der Waals surface area contributed by atoms with Crippen molar-refractivity contribution in [3.05, 3.63) is 0 Å². The number of carboxylic acid groups (broad SMARTS) is 2. The summed E-state index contributed by atoms with van der Waals surface area (Å²) in [4.78, 5) is 189. The van der Waals surface area contributed by atoms with Gasteiger partial charge in [0.1, 0.15) is 48.3 Å². The summed E-state index contributed by atoms with van der Waals surface area (Å²) in [5, 5.41) is 61.3. The highest BCUT2D eigenvalue weighted by Gasteiger charge is 2.39. The van der Waals surface area contributed by atoms with Gasteiger partial charge in [0.15, 0.2) is 0 Å². The fourth-order valence-electron chi connectivity index (χ4n) is 7.11. The Morgan fingerprint density at radius 3 is 1.62 bits per heavy atom. The molecule has 0 aromatic heterocycles. The van der Waals surface area contributed by atoms with Crippen molar-refractivity contribution in [2.45, 2.75) is 145 Å². The van der Waals surface area contributed by atoms with Gasteiger partial charge in [-0.05, 0) is 72.3 Å². The minimum atomic E-state index is -1.86. The lowest BCUT2D eigenvalue weighted by Gasteiger charge is -2.27.